The molecule has 300 valence electrons. The maximum Gasteiger partial charge on any atom is 0.408 e. The zero-order chi connectivity index (χ0) is 39.7. The van der Waals surface area contributed by atoms with Crippen LogP contribution < -0.4 is 24.2 Å². The van der Waals surface area contributed by atoms with Crippen LogP contribution in [0.4, 0.5) is 4.79 Å². The number of rotatable bonds is 9. The lowest BCUT2D eigenvalue weighted by molar-refractivity contribution is -0.140. The van der Waals surface area contributed by atoms with Crippen molar-refractivity contribution in [1.82, 2.24) is 19.9 Å². The molecule has 1 saturated heterocycles. The van der Waals surface area contributed by atoms with Crippen LogP contribution in [-0.2, 0) is 29.1 Å². The van der Waals surface area contributed by atoms with Gasteiger partial charge in [-0.05, 0) is 91.2 Å². The fourth-order valence-electron chi connectivity index (χ4n) is 7.72. The van der Waals surface area contributed by atoms with Crippen LogP contribution in [0.5, 0.6) is 17.4 Å². The van der Waals surface area contributed by atoms with E-state index in [1.54, 1.807) is 33.9 Å². The number of Topliss-reactive ketones (excluding diaryl/α,β-unsaturated/α-hetero) is 1. The second-order valence-electron chi connectivity index (χ2n) is 16.2. The Kier molecular flexibility index (Phi) is 11.7. The Morgan fingerprint density at radius 1 is 1.07 bits per heavy atom. The number of pyridine rings is 1. The number of methoxy groups -OCH3 is 1. The summed E-state index contributed by atoms with van der Waals surface area (Å²) in [4.78, 5) is 62.1. The first kappa shape index (κ1) is 40.3. The number of alkyl carbamates (subject to hydrolysis) is 1. The lowest BCUT2D eigenvalue weighted by Crippen LogP contribution is -2.53. The van der Waals surface area contributed by atoms with Crippen molar-refractivity contribution in [3.8, 4) is 17.4 Å². The Labute approximate surface area is 323 Å². The van der Waals surface area contributed by atoms with E-state index in [9.17, 15) is 27.6 Å². The van der Waals surface area contributed by atoms with Gasteiger partial charge >= 0.3 is 6.09 Å². The number of hydrogen-bond acceptors (Lipinski definition) is 11. The van der Waals surface area contributed by atoms with Gasteiger partial charge in [0, 0.05) is 29.9 Å². The minimum absolute atomic E-state index is 0.0171. The Balaban J connectivity index is 1.34. The molecule has 2 aromatic rings. The number of hydrogen-bond donors (Lipinski definition) is 2. The van der Waals surface area contributed by atoms with Gasteiger partial charge in [-0.15, -0.1) is 0 Å². The van der Waals surface area contributed by atoms with Crippen LogP contribution >= 0.6 is 0 Å². The van der Waals surface area contributed by atoms with Crippen molar-refractivity contribution in [2.45, 2.75) is 128 Å². The molecule has 15 heteroatoms. The summed E-state index contributed by atoms with van der Waals surface area (Å²) in [5.41, 5.74) is -0.665. The minimum Gasteiger partial charge on any atom is -0.496 e. The average molecular weight is 783 g/mol. The molecule has 0 radical (unpaired) electrons. The third-order valence-electron chi connectivity index (χ3n) is 10.8. The van der Waals surface area contributed by atoms with Gasteiger partial charge in [-0.25, -0.2) is 18.2 Å². The van der Waals surface area contributed by atoms with Crippen molar-refractivity contribution in [3.63, 3.8) is 0 Å². The van der Waals surface area contributed by atoms with Gasteiger partial charge in [0.15, 0.2) is 5.78 Å². The minimum atomic E-state index is -3.86. The van der Waals surface area contributed by atoms with Gasteiger partial charge in [-0.3, -0.25) is 19.1 Å². The summed E-state index contributed by atoms with van der Waals surface area (Å²) in [6, 6.07) is 3.34. The smallest absolute Gasteiger partial charge is 0.408 e. The van der Waals surface area contributed by atoms with E-state index in [2.05, 4.69) is 10.0 Å². The molecule has 2 aliphatic carbocycles. The number of ether oxygens (including phenoxy) is 4. The Morgan fingerprint density at radius 3 is 2.53 bits per heavy atom. The van der Waals surface area contributed by atoms with Crippen molar-refractivity contribution in [2.75, 3.05) is 20.3 Å². The number of carbonyl (C=O) groups excluding carboxylic acids is 4. The van der Waals surface area contributed by atoms with E-state index in [0.29, 0.717) is 67.0 Å². The number of fused-ring (bicyclic) bond motifs is 3. The third kappa shape index (κ3) is 9.19. The molecule has 6 rings (SSSR count). The molecule has 3 heterocycles. The number of benzene rings is 1. The van der Waals surface area contributed by atoms with Crippen LogP contribution in [0.3, 0.4) is 0 Å². The number of amides is 3. The van der Waals surface area contributed by atoms with E-state index in [0.717, 1.165) is 24.8 Å². The van der Waals surface area contributed by atoms with Crippen molar-refractivity contribution in [1.29, 1.82) is 0 Å². The van der Waals surface area contributed by atoms with Gasteiger partial charge in [0.05, 0.1) is 42.5 Å². The predicted molar refractivity (Wildman–Crippen MR) is 204 cm³/mol. The topological polar surface area (TPSA) is 180 Å². The molecule has 5 atom stereocenters. The number of ketones is 1. The van der Waals surface area contributed by atoms with Crippen LogP contribution in [0.2, 0.25) is 0 Å². The maximum atomic E-state index is 14.6. The van der Waals surface area contributed by atoms with E-state index in [4.69, 9.17) is 23.9 Å². The summed E-state index contributed by atoms with van der Waals surface area (Å²) >= 11 is 0. The number of nitrogens with zero attached hydrogens (tertiary/aromatic N) is 2. The molecule has 0 unspecified atom stereocenters. The summed E-state index contributed by atoms with van der Waals surface area (Å²) in [5.74, 6) is -0.417. The molecule has 55 heavy (non-hydrogen) atoms. The van der Waals surface area contributed by atoms with E-state index in [1.165, 1.54) is 4.90 Å². The van der Waals surface area contributed by atoms with Gasteiger partial charge in [0.1, 0.15) is 29.2 Å². The molecule has 14 nitrogen and oxygen atoms in total. The van der Waals surface area contributed by atoms with Gasteiger partial charge in [-0.2, -0.15) is 0 Å². The highest BCUT2D eigenvalue weighted by atomic mass is 32.2. The number of aryl methyl sites for hydroxylation is 1. The van der Waals surface area contributed by atoms with Gasteiger partial charge in [0.25, 0.3) is 0 Å². The molecule has 2 N–H and O–H groups in total. The number of carbonyl (C=O) groups is 4. The van der Waals surface area contributed by atoms with Gasteiger partial charge < -0.3 is 29.2 Å². The quantitative estimate of drug-likeness (QED) is 0.316. The molecule has 2 aliphatic heterocycles. The molecule has 3 amide bonds. The molecule has 1 aromatic heterocycles. The van der Waals surface area contributed by atoms with Crippen molar-refractivity contribution in [2.24, 2.45) is 11.3 Å². The number of nitrogens with one attached hydrogen (secondary N) is 2. The summed E-state index contributed by atoms with van der Waals surface area (Å²) in [6.07, 6.45) is 6.89. The molecule has 1 aromatic carbocycles. The van der Waals surface area contributed by atoms with Crippen molar-refractivity contribution in [3.05, 3.63) is 35.9 Å². The first-order valence-corrected chi connectivity index (χ1v) is 20.9. The molecule has 0 bridgehead atoms. The lowest BCUT2D eigenvalue weighted by Gasteiger charge is -2.30. The van der Waals surface area contributed by atoms with Crippen LogP contribution in [-0.4, -0.2) is 91.3 Å². The second-order valence-corrected chi connectivity index (χ2v) is 18.2. The van der Waals surface area contributed by atoms with E-state index in [1.807, 2.05) is 38.1 Å². The van der Waals surface area contributed by atoms with Gasteiger partial charge in [0.2, 0.25) is 27.7 Å². The van der Waals surface area contributed by atoms with E-state index in [-0.39, 0.29) is 31.1 Å². The molecule has 4 aliphatic rings. The molecular weight excluding hydrogens is 729 g/mol. The Hall–Kier alpha value is -4.40. The predicted octanol–water partition coefficient (Wildman–Crippen LogP) is 5.29. The highest BCUT2D eigenvalue weighted by Gasteiger charge is 2.61. The Bertz CT molecular complexity index is 1960. The lowest BCUT2D eigenvalue weighted by atomic mass is 9.91. The summed E-state index contributed by atoms with van der Waals surface area (Å²) in [5, 5.41) is 2.85. The first-order chi connectivity index (χ1) is 26.0. The van der Waals surface area contributed by atoms with Gasteiger partial charge in [-0.1, -0.05) is 25.0 Å². The Morgan fingerprint density at radius 2 is 1.84 bits per heavy atom. The van der Waals surface area contributed by atoms with Crippen LogP contribution in [0.1, 0.15) is 97.5 Å². The van der Waals surface area contributed by atoms with E-state index >= 15 is 0 Å². The van der Waals surface area contributed by atoms with Crippen molar-refractivity contribution >= 4 is 44.6 Å². The maximum absolute atomic E-state index is 14.6. The van der Waals surface area contributed by atoms with Crippen LogP contribution in [0.15, 0.2) is 30.4 Å². The largest absolute Gasteiger partial charge is 0.496 e. The summed E-state index contributed by atoms with van der Waals surface area (Å²) in [6.45, 7) is 9.32. The highest BCUT2D eigenvalue weighted by Crippen LogP contribution is 2.57. The fraction of sp³-hybridized carbons (Fsp3) is 0.625. The molecular formula is C40H54N4O10S. The average Bonchev–Trinajstić information content (AvgIpc) is 4.03. The van der Waals surface area contributed by atoms with Crippen molar-refractivity contribution < 1.29 is 46.5 Å². The fourth-order valence-corrected chi connectivity index (χ4v) is 9.10. The SMILES string of the molecule is CCOc1cc(O[C@@H]2C[C@H]3C(=O)C[C@]4(C(=O)NS(=O)(=O)C5CC5)C[C@@H]4/C=C\CCCCC[C@H](NC(=O)OC(C)(C)C)C(=O)N3C2)c2ccc(OC)c(C)c2n1. The third-order valence-corrected chi connectivity index (χ3v) is 12.7. The summed E-state index contributed by atoms with van der Waals surface area (Å²) in [7, 11) is -2.28. The highest BCUT2D eigenvalue weighted by molar-refractivity contribution is 7.90. The van der Waals surface area contributed by atoms with E-state index < -0.39 is 62.4 Å². The monoisotopic (exact) mass is 782 g/mol. The number of allylic oxidation sites excluding steroid dienone is 2. The van der Waals surface area contributed by atoms with Crippen LogP contribution in [0, 0.1) is 18.3 Å². The normalized spacial score (nSPS) is 26.8. The zero-order valence-electron chi connectivity index (χ0n) is 32.6. The zero-order valence-corrected chi connectivity index (χ0v) is 33.5. The summed E-state index contributed by atoms with van der Waals surface area (Å²) < 4.78 is 51.6. The number of sulfonamides is 1. The molecule has 3 fully saturated rings. The van der Waals surface area contributed by atoms with Crippen LogP contribution in [0.25, 0.3) is 10.9 Å². The standard InChI is InChI=1S/C40H54N4O10S/c1-7-52-34-20-33(28-17-18-32(51-6)24(2)35(28)42-34)53-26-19-30-31(45)22-40(37(47)43-55(49,50)27-15-16-27)21-25(40)13-11-9-8-10-12-14-29(36(46)44(30)23-26)41-38(48)54-39(3,4)5/h11,13,17-18,20,25-27,29-30H,7-10,12,14-16,19,21-23H2,1-6H3,(H,41,48)(H,43,47)/b13-11-/t25-,26+,29-,30-,40+/m0/s1. The second kappa shape index (κ2) is 16.0. The molecule has 0 spiro atoms. The number of aromatic nitrogens is 1. The molecule has 2 saturated carbocycles. The first-order valence-electron chi connectivity index (χ1n) is 19.4.